The van der Waals surface area contributed by atoms with Crippen molar-refractivity contribution in [3.63, 3.8) is 0 Å². The molecule has 2 saturated heterocycles. The van der Waals surface area contributed by atoms with Gasteiger partial charge < -0.3 is 10.6 Å². The van der Waals surface area contributed by atoms with Gasteiger partial charge in [-0.05, 0) is 61.5 Å². The molecular formula is C25H34N4O2S2. The van der Waals surface area contributed by atoms with E-state index in [9.17, 15) is 9.59 Å². The van der Waals surface area contributed by atoms with Crippen LogP contribution < -0.4 is 10.6 Å². The Labute approximate surface area is 205 Å². The topological polar surface area (TPSA) is 64.7 Å². The highest BCUT2D eigenvalue weighted by Crippen LogP contribution is 2.19. The third-order valence-corrected chi connectivity index (χ3v) is 8.18. The van der Waals surface area contributed by atoms with Crippen LogP contribution in [-0.2, 0) is 22.6 Å². The lowest BCUT2D eigenvalue weighted by atomic mass is 9.96. The molecule has 2 aromatic rings. The molecule has 2 aliphatic heterocycles. The smallest absolute Gasteiger partial charge is 0.238 e. The Bertz CT molecular complexity index is 892. The third-order valence-electron chi connectivity index (χ3n) is 6.30. The van der Waals surface area contributed by atoms with E-state index in [1.54, 1.807) is 11.3 Å². The summed E-state index contributed by atoms with van der Waals surface area (Å²) in [5, 5.41) is 8.20. The van der Waals surface area contributed by atoms with Gasteiger partial charge in [0, 0.05) is 54.2 Å². The van der Waals surface area contributed by atoms with Gasteiger partial charge in [0.1, 0.15) is 0 Å². The van der Waals surface area contributed by atoms with Crippen LogP contribution in [-0.4, -0.2) is 72.4 Å². The number of likely N-dealkylation sites (tertiary alicyclic amines) is 1. The minimum atomic E-state index is 0.0142. The van der Waals surface area contributed by atoms with Crippen LogP contribution >= 0.6 is 23.1 Å². The van der Waals surface area contributed by atoms with E-state index in [0.717, 1.165) is 57.7 Å². The van der Waals surface area contributed by atoms with Crippen molar-refractivity contribution >= 4 is 40.6 Å². The van der Waals surface area contributed by atoms with Crippen LogP contribution in [0, 0.1) is 5.92 Å². The minimum absolute atomic E-state index is 0.0142. The van der Waals surface area contributed by atoms with E-state index in [0.29, 0.717) is 13.1 Å². The molecule has 6 nitrogen and oxygen atoms in total. The van der Waals surface area contributed by atoms with Gasteiger partial charge in [-0.15, -0.1) is 11.3 Å². The van der Waals surface area contributed by atoms with Gasteiger partial charge in [-0.25, -0.2) is 0 Å². The molecule has 0 unspecified atom stereocenters. The first-order valence-electron chi connectivity index (χ1n) is 11.9. The molecule has 0 bridgehead atoms. The number of carbonyl (C=O) groups is 2. The van der Waals surface area contributed by atoms with Crippen LogP contribution in [0.1, 0.15) is 23.3 Å². The fraction of sp³-hybridized carbons (Fsp3) is 0.520. The summed E-state index contributed by atoms with van der Waals surface area (Å²) in [7, 11) is 0. The van der Waals surface area contributed by atoms with Crippen molar-refractivity contribution in [3.8, 4) is 0 Å². The summed E-state index contributed by atoms with van der Waals surface area (Å²) >= 11 is 3.74. The molecule has 178 valence electrons. The Balaban J connectivity index is 1.15. The highest BCUT2D eigenvalue weighted by Gasteiger charge is 2.25. The number of piperidine rings is 1. The van der Waals surface area contributed by atoms with E-state index in [1.807, 2.05) is 30.0 Å². The van der Waals surface area contributed by atoms with Crippen molar-refractivity contribution < 1.29 is 9.59 Å². The summed E-state index contributed by atoms with van der Waals surface area (Å²) in [6, 6.07) is 12.3. The predicted octanol–water partition coefficient (Wildman–Crippen LogP) is 3.31. The molecular weight excluding hydrogens is 452 g/mol. The van der Waals surface area contributed by atoms with Crippen molar-refractivity contribution in [2.24, 2.45) is 5.92 Å². The first-order chi connectivity index (χ1) is 16.2. The standard InChI is InChI=1S/C25H34N4O2S2/c30-24(27-22-4-1-3-20(17-22)18-29-12-15-32-16-13-29)19-28-10-7-21(8-11-28)25(31)26-9-6-23-5-2-14-33-23/h1-5,14,17,21H,6-13,15-16,18-19H2,(H,26,31)(H,27,30). The Kier molecular flexibility index (Phi) is 9.23. The average Bonchev–Trinajstić information content (AvgIpc) is 3.34. The molecule has 33 heavy (non-hydrogen) atoms. The lowest BCUT2D eigenvalue weighted by Gasteiger charge is -2.30. The van der Waals surface area contributed by atoms with Crippen LogP contribution in [0.15, 0.2) is 41.8 Å². The van der Waals surface area contributed by atoms with E-state index in [-0.39, 0.29) is 17.7 Å². The van der Waals surface area contributed by atoms with Gasteiger partial charge in [-0.1, -0.05) is 18.2 Å². The zero-order valence-corrected chi connectivity index (χ0v) is 20.8. The summed E-state index contributed by atoms with van der Waals surface area (Å²) < 4.78 is 0. The molecule has 0 aliphatic carbocycles. The number of carbonyl (C=O) groups excluding carboxylic acids is 2. The largest absolute Gasteiger partial charge is 0.355 e. The average molecular weight is 487 g/mol. The molecule has 2 aliphatic rings. The number of thioether (sulfide) groups is 1. The Morgan fingerprint density at radius 2 is 1.82 bits per heavy atom. The van der Waals surface area contributed by atoms with Crippen molar-refractivity contribution in [2.45, 2.75) is 25.8 Å². The highest BCUT2D eigenvalue weighted by molar-refractivity contribution is 7.99. The molecule has 8 heteroatoms. The van der Waals surface area contributed by atoms with E-state index < -0.39 is 0 Å². The lowest BCUT2D eigenvalue weighted by Crippen LogP contribution is -2.43. The molecule has 4 rings (SSSR count). The highest BCUT2D eigenvalue weighted by atomic mass is 32.2. The number of nitrogens with one attached hydrogen (secondary N) is 2. The van der Waals surface area contributed by atoms with Gasteiger partial charge in [-0.2, -0.15) is 11.8 Å². The summed E-state index contributed by atoms with van der Waals surface area (Å²) in [4.78, 5) is 31.0. The molecule has 0 saturated carbocycles. The fourth-order valence-electron chi connectivity index (χ4n) is 4.43. The number of hydrogen-bond acceptors (Lipinski definition) is 6. The molecule has 1 aromatic heterocycles. The van der Waals surface area contributed by atoms with E-state index >= 15 is 0 Å². The number of hydrogen-bond donors (Lipinski definition) is 2. The number of anilines is 1. The maximum Gasteiger partial charge on any atom is 0.238 e. The van der Waals surface area contributed by atoms with Gasteiger partial charge in [0.05, 0.1) is 6.54 Å². The summed E-state index contributed by atoms with van der Waals surface area (Å²) in [5.41, 5.74) is 2.11. The third kappa shape index (κ3) is 7.84. The van der Waals surface area contributed by atoms with E-state index in [4.69, 9.17) is 0 Å². The first kappa shape index (κ1) is 24.3. The Morgan fingerprint density at radius 1 is 1.00 bits per heavy atom. The van der Waals surface area contributed by atoms with Crippen molar-refractivity contribution in [3.05, 3.63) is 52.2 Å². The maximum atomic E-state index is 12.6. The van der Waals surface area contributed by atoms with Gasteiger partial charge in [0.25, 0.3) is 0 Å². The van der Waals surface area contributed by atoms with Crippen LogP contribution in [0.3, 0.4) is 0 Å². The van der Waals surface area contributed by atoms with Crippen LogP contribution in [0.2, 0.25) is 0 Å². The van der Waals surface area contributed by atoms with Gasteiger partial charge in [-0.3, -0.25) is 19.4 Å². The zero-order valence-electron chi connectivity index (χ0n) is 19.1. The van der Waals surface area contributed by atoms with E-state index in [1.165, 1.54) is 21.9 Å². The second-order valence-corrected chi connectivity index (χ2v) is 11.1. The van der Waals surface area contributed by atoms with E-state index in [2.05, 4.69) is 44.0 Å². The molecule has 0 radical (unpaired) electrons. The number of benzene rings is 1. The summed E-state index contributed by atoms with van der Waals surface area (Å²) in [6.45, 7) is 5.83. The van der Waals surface area contributed by atoms with Gasteiger partial charge >= 0.3 is 0 Å². The SMILES string of the molecule is O=C(CN1CCC(C(=O)NCCc2cccs2)CC1)Nc1cccc(CN2CCSCC2)c1. The quantitative estimate of drug-likeness (QED) is 0.569. The number of amides is 2. The van der Waals surface area contributed by atoms with Crippen molar-refractivity contribution in [1.29, 1.82) is 0 Å². The zero-order chi connectivity index (χ0) is 22.9. The monoisotopic (exact) mass is 486 g/mol. The second kappa shape index (κ2) is 12.6. The van der Waals surface area contributed by atoms with Gasteiger partial charge in [0.2, 0.25) is 11.8 Å². The molecule has 2 amide bonds. The van der Waals surface area contributed by atoms with Crippen LogP contribution in [0.5, 0.6) is 0 Å². The molecule has 0 spiro atoms. The summed E-state index contributed by atoms with van der Waals surface area (Å²) in [6.07, 6.45) is 2.50. The number of rotatable bonds is 9. The lowest BCUT2D eigenvalue weighted by molar-refractivity contribution is -0.126. The molecule has 1 aromatic carbocycles. The minimum Gasteiger partial charge on any atom is -0.355 e. The maximum absolute atomic E-state index is 12.6. The van der Waals surface area contributed by atoms with Gasteiger partial charge in [0.15, 0.2) is 0 Å². The predicted molar refractivity (Wildman–Crippen MR) is 138 cm³/mol. The van der Waals surface area contributed by atoms with Crippen molar-refractivity contribution in [2.75, 3.05) is 56.1 Å². The summed E-state index contributed by atoms with van der Waals surface area (Å²) in [5.74, 6) is 2.62. The Morgan fingerprint density at radius 3 is 2.58 bits per heavy atom. The Hall–Kier alpha value is -1.87. The fourth-order valence-corrected chi connectivity index (χ4v) is 6.12. The first-order valence-corrected chi connectivity index (χ1v) is 13.9. The number of nitrogens with zero attached hydrogens (tertiary/aromatic N) is 2. The van der Waals surface area contributed by atoms with Crippen molar-refractivity contribution in [1.82, 2.24) is 15.1 Å². The van der Waals surface area contributed by atoms with Crippen LogP contribution in [0.4, 0.5) is 5.69 Å². The van der Waals surface area contributed by atoms with Crippen LogP contribution in [0.25, 0.3) is 0 Å². The normalized spacial score (nSPS) is 18.2. The number of thiophene rings is 1. The molecule has 3 heterocycles. The second-order valence-electron chi connectivity index (χ2n) is 8.81. The molecule has 0 atom stereocenters. The molecule has 2 fully saturated rings. The molecule has 2 N–H and O–H groups in total.